The molecule has 8 heterocycles. The molecule has 8 rings (SSSR count). The summed E-state index contributed by atoms with van der Waals surface area (Å²) in [5.74, 6) is 5.02. The fraction of sp³-hybridized carbons (Fsp3) is 0.258. The zero-order valence-electron chi connectivity index (χ0n) is 22.8. The summed E-state index contributed by atoms with van der Waals surface area (Å²) in [5.41, 5.74) is 6.15. The number of methoxy groups -OCH3 is 1. The van der Waals surface area contributed by atoms with Gasteiger partial charge in [-0.25, -0.2) is 9.50 Å². The average Bonchev–Trinajstić information content (AvgIpc) is 3.65. The Morgan fingerprint density at radius 3 is 2.59 bits per heavy atom. The Kier molecular flexibility index (Phi) is 6.02. The smallest absolute Gasteiger partial charge is 0.137 e. The highest BCUT2D eigenvalue weighted by molar-refractivity contribution is 5.87. The van der Waals surface area contributed by atoms with Crippen molar-refractivity contribution in [2.45, 2.75) is 24.9 Å². The molecule has 0 N–H and O–H groups in total. The third-order valence-corrected chi connectivity index (χ3v) is 7.85. The first-order valence-corrected chi connectivity index (χ1v) is 13.5. The summed E-state index contributed by atoms with van der Waals surface area (Å²) in [7, 11) is 3.54. The molecule has 0 aromatic carbocycles. The normalized spacial score (nSPS) is 17.5. The SMILES string of the molecule is COc1cncc(CC#CN2C3CC2CN(c2ccc(-c4cc(-c5cnn(C)c5)cn5ncc(C#N)c45)cn2)C3)c1. The number of nitriles is 1. The number of hydrogen-bond donors (Lipinski definition) is 0. The van der Waals surface area contributed by atoms with Crippen molar-refractivity contribution < 1.29 is 4.74 Å². The van der Waals surface area contributed by atoms with Crippen LogP contribution in [0, 0.1) is 23.3 Å². The van der Waals surface area contributed by atoms with E-state index in [0.29, 0.717) is 24.1 Å². The van der Waals surface area contributed by atoms with E-state index in [0.717, 1.165) is 64.4 Å². The lowest BCUT2D eigenvalue weighted by molar-refractivity contribution is 0.0605. The van der Waals surface area contributed by atoms with Gasteiger partial charge in [-0.15, -0.1) is 0 Å². The van der Waals surface area contributed by atoms with Crippen LogP contribution in [0.25, 0.3) is 27.8 Å². The molecule has 0 radical (unpaired) electrons. The molecule has 41 heavy (non-hydrogen) atoms. The Morgan fingerprint density at radius 2 is 1.85 bits per heavy atom. The van der Waals surface area contributed by atoms with Gasteiger partial charge in [0.05, 0.1) is 48.9 Å². The lowest BCUT2D eigenvalue weighted by atomic mass is 9.88. The molecular formula is C31H27N9O. The Morgan fingerprint density at radius 1 is 0.976 bits per heavy atom. The minimum atomic E-state index is 0.395. The van der Waals surface area contributed by atoms with E-state index < -0.39 is 0 Å². The van der Waals surface area contributed by atoms with Gasteiger partial charge >= 0.3 is 0 Å². The van der Waals surface area contributed by atoms with Crippen molar-refractivity contribution >= 4 is 11.3 Å². The van der Waals surface area contributed by atoms with Crippen LogP contribution < -0.4 is 9.64 Å². The van der Waals surface area contributed by atoms with Crippen LogP contribution in [-0.4, -0.2) is 66.5 Å². The molecule has 202 valence electrons. The van der Waals surface area contributed by atoms with E-state index >= 15 is 0 Å². The molecule has 0 spiro atoms. The highest BCUT2D eigenvalue weighted by Crippen LogP contribution is 2.35. The van der Waals surface area contributed by atoms with Crippen molar-refractivity contribution in [1.82, 2.24) is 34.3 Å². The number of ether oxygens (including phenoxy) is 1. The first-order valence-electron chi connectivity index (χ1n) is 13.5. The van der Waals surface area contributed by atoms with E-state index in [-0.39, 0.29) is 0 Å². The number of piperazine rings is 1. The van der Waals surface area contributed by atoms with Crippen LogP contribution in [0.15, 0.2) is 67.6 Å². The third-order valence-electron chi connectivity index (χ3n) is 7.85. The number of aryl methyl sites for hydroxylation is 1. The van der Waals surface area contributed by atoms with Gasteiger partial charge in [0.15, 0.2) is 0 Å². The Hall–Kier alpha value is -5.35. The van der Waals surface area contributed by atoms with E-state index in [4.69, 9.17) is 9.72 Å². The number of fused-ring (bicyclic) bond motifs is 3. The molecule has 2 unspecified atom stereocenters. The largest absolute Gasteiger partial charge is 0.495 e. The quantitative estimate of drug-likeness (QED) is 0.312. The average molecular weight is 542 g/mol. The maximum absolute atomic E-state index is 9.72. The van der Waals surface area contributed by atoms with E-state index in [1.807, 2.05) is 44.1 Å². The van der Waals surface area contributed by atoms with Gasteiger partial charge in [-0.1, -0.05) is 5.92 Å². The number of nitrogens with zero attached hydrogens (tertiary/aromatic N) is 9. The van der Waals surface area contributed by atoms with Crippen molar-refractivity contribution in [3.05, 3.63) is 78.8 Å². The van der Waals surface area contributed by atoms with E-state index in [9.17, 15) is 5.26 Å². The van der Waals surface area contributed by atoms with Gasteiger partial charge in [0.1, 0.15) is 17.6 Å². The number of anilines is 1. The molecule has 0 saturated carbocycles. The maximum atomic E-state index is 9.72. The highest BCUT2D eigenvalue weighted by Gasteiger charge is 2.43. The maximum Gasteiger partial charge on any atom is 0.137 e. The molecule has 10 nitrogen and oxygen atoms in total. The monoisotopic (exact) mass is 541 g/mol. The summed E-state index contributed by atoms with van der Waals surface area (Å²) in [6, 6.07) is 14.7. The number of pyridine rings is 3. The predicted molar refractivity (Wildman–Crippen MR) is 154 cm³/mol. The standard InChI is InChI=1S/C31H27N9O/c1-37-17-25(15-35-37)23-9-29(31-24(11-32)14-36-40(31)18-23)22-5-6-30(34-13-22)38-19-26-10-27(20-38)39(26)7-3-4-21-8-28(41-2)16-33-12-21/h5-6,8-9,12-18,26-27H,4,10,19-20H2,1-2H3. The molecule has 3 aliphatic heterocycles. The van der Waals surface area contributed by atoms with Gasteiger partial charge in [-0.05, 0) is 36.2 Å². The van der Waals surface area contributed by atoms with Gasteiger partial charge in [-0.2, -0.15) is 15.5 Å². The van der Waals surface area contributed by atoms with Crippen molar-refractivity contribution in [2.75, 3.05) is 25.1 Å². The summed E-state index contributed by atoms with van der Waals surface area (Å²) in [6.07, 6.45) is 14.6. The molecule has 5 aromatic heterocycles. The first kappa shape index (κ1) is 24.7. The van der Waals surface area contributed by atoms with Crippen molar-refractivity contribution in [3.63, 3.8) is 0 Å². The molecule has 5 aromatic rings. The number of rotatable bonds is 5. The molecule has 10 heteroatoms. The van der Waals surface area contributed by atoms with Crippen LogP contribution in [0.2, 0.25) is 0 Å². The Labute approximate surface area is 237 Å². The molecule has 0 amide bonds. The van der Waals surface area contributed by atoms with Crippen LogP contribution in [0.4, 0.5) is 5.82 Å². The molecule has 3 saturated heterocycles. The molecule has 2 bridgehead atoms. The zero-order chi connectivity index (χ0) is 27.9. The zero-order valence-corrected chi connectivity index (χ0v) is 22.8. The minimum Gasteiger partial charge on any atom is -0.495 e. The topological polar surface area (TPSA) is 100 Å². The lowest BCUT2D eigenvalue weighted by Crippen LogP contribution is -2.67. The van der Waals surface area contributed by atoms with Crippen LogP contribution >= 0.6 is 0 Å². The molecule has 3 fully saturated rings. The summed E-state index contributed by atoms with van der Waals surface area (Å²) >= 11 is 0. The van der Waals surface area contributed by atoms with Crippen LogP contribution in [-0.2, 0) is 13.5 Å². The van der Waals surface area contributed by atoms with Crippen molar-refractivity contribution in [3.8, 4) is 46.0 Å². The van der Waals surface area contributed by atoms with E-state index in [2.05, 4.69) is 61.2 Å². The predicted octanol–water partition coefficient (Wildman–Crippen LogP) is 3.54. The molecule has 2 atom stereocenters. The fourth-order valence-corrected chi connectivity index (χ4v) is 5.77. The number of hydrogen-bond acceptors (Lipinski definition) is 8. The molecular weight excluding hydrogens is 514 g/mol. The van der Waals surface area contributed by atoms with Gasteiger partial charge in [0, 0.05) is 79.6 Å². The lowest BCUT2D eigenvalue weighted by Gasteiger charge is -2.55. The number of aromatic nitrogens is 6. The minimum absolute atomic E-state index is 0.395. The van der Waals surface area contributed by atoms with Crippen molar-refractivity contribution in [1.29, 1.82) is 5.26 Å². The van der Waals surface area contributed by atoms with Crippen LogP contribution in [0.1, 0.15) is 17.5 Å². The van der Waals surface area contributed by atoms with Gasteiger partial charge < -0.3 is 14.5 Å². The van der Waals surface area contributed by atoms with Crippen LogP contribution in [0.5, 0.6) is 5.75 Å². The summed E-state index contributed by atoms with van der Waals surface area (Å²) in [5, 5.41) is 18.5. The van der Waals surface area contributed by atoms with Crippen molar-refractivity contribution in [2.24, 2.45) is 7.05 Å². The van der Waals surface area contributed by atoms with Gasteiger partial charge in [0.2, 0.25) is 0 Å². The number of piperidine rings is 1. The Balaban J connectivity index is 1.09. The van der Waals surface area contributed by atoms with Gasteiger partial charge in [-0.3, -0.25) is 9.67 Å². The van der Waals surface area contributed by atoms with E-state index in [1.54, 1.807) is 28.7 Å². The summed E-state index contributed by atoms with van der Waals surface area (Å²) in [4.78, 5) is 13.7. The second-order valence-electron chi connectivity index (χ2n) is 10.5. The molecule has 3 aliphatic rings. The second-order valence-corrected chi connectivity index (χ2v) is 10.5. The second kappa shape index (κ2) is 10.00. The highest BCUT2D eigenvalue weighted by atomic mass is 16.5. The van der Waals surface area contributed by atoms with E-state index in [1.165, 1.54) is 0 Å². The first-order chi connectivity index (χ1) is 20.1. The van der Waals surface area contributed by atoms with Gasteiger partial charge in [0.25, 0.3) is 0 Å². The molecule has 0 aliphatic carbocycles. The summed E-state index contributed by atoms with van der Waals surface area (Å²) in [6.45, 7) is 1.78. The van der Waals surface area contributed by atoms with Crippen LogP contribution in [0.3, 0.4) is 0 Å². The fourth-order valence-electron chi connectivity index (χ4n) is 5.77. The Bertz CT molecular complexity index is 1840. The summed E-state index contributed by atoms with van der Waals surface area (Å²) < 4.78 is 8.80. The third kappa shape index (κ3) is 4.50.